The van der Waals surface area contributed by atoms with Gasteiger partial charge in [-0.05, 0) is 93.2 Å². The molecular formula is C48H61ClO20. The van der Waals surface area contributed by atoms with E-state index in [1.807, 2.05) is 0 Å². The second-order valence-corrected chi connectivity index (χ2v) is 21.2. The largest absolute Gasteiger partial charge is 0.483 e. The quantitative estimate of drug-likeness (QED) is 0.103. The van der Waals surface area contributed by atoms with Crippen molar-refractivity contribution in [2.24, 2.45) is 71.0 Å². The Hall–Kier alpha value is -5.63. The summed E-state index contributed by atoms with van der Waals surface area (Å²) in [5.74, 6) is -8.49. The normalized spacial score (nSPS) is 36.7. The number of aliphatic hydroxyl groups excluding tert-OH is 1. The Bertz CT molecular complexity index is 2170. The lowest BCUT2D eigenvalue weighted by Gasteiger charge is -2.32. The molecule has 18 atom stereocenters. The molecule has 6 aliphatic carbocycles. The zero-order chi connectivity index (χ0) is 52.1. The first-order chi connectivity index (χ1) is 31.9. The Kier molecular flexibility index (Phi) is 16.0. The Labute approximate surface area is 403 Å². The molecule has 9 rings (SSSR count). The van der Waals surface area contributed by atoms with Gasteiger partial charge >= 0.3 is 47.8 Å². The average Bonchev–Trinajstić information content (AvgIpc) is 4.09. The third-order valence-corrected chi connectivity index (χ3v) is 14.2. The van der Waals surface area contributed by atoms with Gasteiger partial charge in [0, 0.05) is 52.2 Å². The molecule has 18 unspecified atom stereocenters. The highest BCUT2D eigenvalue weighted by Crippen LogP contribution is 2.61. The minimum absolute atomic E-state index is 0.00461. The number of fused-ring (bicyclic) bond motifs is 3. The average molecular weight is 993 g/mol. The number of carboxylic acids is 1. The van der Waals surface area contributed by atoms with Crippen LogP contribution >= 0.6 is 11.6 Å². The molecule has 3 heterocycles. The van der Waals surface area contributed by atoms with Crippen molar-refractivity contribution >= 4 is 71.1 Å². The van der Waals surface area contributed by atoms with E-state index >= 15 is 0 Å². The monoisotopic (exact) mass is 992 g/mol. The highest BCUT2D eigenvalue weighted by molar-refractivity contribution is 6.67. The number of rotatable bonds is 8. The minimum atomic E-state index is -1.02. The second-order valence-electron chi connectivity index (χ2n) is 20.9. The summed E-state index contributed by atoms with van der Waals surface area (Å²) < 4.78 is 37.4. The molecule has 20 nitrogen and oxygen atoms in total. The van der Waals surface area contributed by atoms with Gasteiger partial charge in [0.2, 0.25) is 5.24 Å². The van der Waals surface area contributed by atoms with Crippen molar-refractivity contribution in [1.82, 2.24) is 0 Å². The fraction of sp³-hybridized carbons (Fsp3) is 0.667. The highest BCUT2D eigenvalue weighted by atomic mass is 35.5. The number of halogens is 1. The van der Waals surface area contributed by atoms with Crippen molar-refractivity contribution in [2.45, 2.75) is 129 Å². The van der Waals surface area contributed by atoms with Crippen molar-refractivity contribution in [1.29, 1.82) is 0 Å². The van der Waals surface area contributed by atoms with E-state index in [1.54, 1.807) is 55.4 Å². The molecule has 0 aromatic carbocycles. The van der Waals surface area contributed by atoms with Gasteiger partial charge in [0.05, 0.1) is 41.6 Å². The number of carboxylic acid groups (broad SMARTS) is 2. The summed E-state index contributed by atoms with van der Waals surface area (Å²) in [4.78, 5) is 113. The lowest BCUT2D eigenvalue weighted by Crippen LogP contribution is -2.45. The molecule has 3 aliphatic heterocycles. The van der Waals surface area contributed by atoms with E-state index in [9.17, 15) is 53.4 Å². The molecule has 21 heteroatoms. The van der Waals surface area contributed by atoms with E-state index in [-0.39, 0.29) is 71.0 Å². The summed E-state index contributed by atoms with van der Waals surface area (Å²) in [6.07, 6.45) is -1.40. The van der Waals surface area contributed by atoms with E-state index < -0.39 is 118 Å². The Morgan fingerprint density at radius 2 is 0.899 bits per heavy atom. The third kappa shape index (κ3) is 10.9. The SMILES string of the molecule is C=C(C)C(=O)Cl.C=C(C)C(=O)OC1C2CC3C1OC(=O)C3C2C(=O)O.C=C(C)C(=O)OC1C2CC3C1OC(=O)C3C2C(=O)OC(C)(C)C.CC(C)(C)OC(=O)C1C2CC3C(OC(=O)C31)C2O.O=CO. The summed E-state index contributed by atoms with van der Waals surface area (Å²) in [7, 11) is 0. The fourth-order valence-electron chi connectivity index (χ4n) is 11.5. The first-order valence-electron chi connectivity index (χ1n) is 22.5. The molecule has 0 radical (unpaired) electrons. The van der Waals surface area contributed by atoms with Gasteiger partial charge in [-0.3, -0.25) is 38.4 Å². The summed E-state index contributed by atoms with van der Waals surface area (Å²) in [6, 6.07) is 0. The van der Waals surface area contributed by atoms with Crippen molar-refractivity contribution in [3.8, 4) is 0 Å². The molecule has 6 bridgehead atoms. The molecule has 0 spiro atoms. The van der Waals surface area contributed by atoms with Gasteiger partial charge in [-0.15, -0.1) is 0 Å². The second kappa shape index (κ2) is 20.4. The highest BCUT2D eigenvalue weighted by Gasteiger charge is 2.72. The lowest BCUT2D eigenvalue weighted by atomic mass is 9.78. The summed E-state index contributed by atoms with van der Waals surface area (Å²) in [5.41, 5.74) is -0.300. The number of hydrogen-bond acceptors (Lipinski definition) is 18. The van der Waals surface area contributed by atoms with Crippen molar-refractivity contribution < 1.29 is 96.4 Å². The standard InChI is InChI=1S/C17H22O6.C13H14O6.C13H18O5.C4H5ClO.CH2O2/c1-7(2)14(18)21-12-9-6-8-10(15(19)22-13(8)12)11(9)16(20)23-17(3,4)5;1-4(2)12(16)18-9-5-3-6-8(7(5)11(14)15)13(17)19-10(6)9;1-13(2,3)18-12(16)7-5-4-6-8(7)11(15)17-10(6)9(5)14;1-3(2)4(5)6;2-1-3/h8-13H,1,6H2,2-5H3;5-10H,1,3H2,2H3,(H,14,15);5-10,14H,4H2,1-3H3;1H2,2H3;1H,(H,2,3). The smallest absolute Gasteiger partial charge is 0.333 e. The summed E-state index contributed by atoms with van der Waals surface area (Å²) in [5, 5.41) is 25.8. The molecule has 9 fully saturated rings. The molecule has 69 heavy (non-hydrogen) atoms. The molecule has 0 aromatic heterocycles. The van der Waals surface area contributed by atoms with Crippen LogP contribution in [0, 0.1) is 71.0 Å². The lowest BCUT2D eigenvalue weighted by molar-refractivity contribution is -0.170. The maximum Gasteiger partial charge on any atom is 0.333 e. The van der Waals surface area contributed by atoms with Crippen molar-refractivity contribution in [3.63, 3.8) is 0 Å². The van der Waals surface area contributed by atoms with E-state index in [1.165, 1.54) is 6.92 Å². The zero-order valence-corrected chi connectivity index (χ0v) is 40.6. The first-order valence-corrected chi connectivity index (χ1v) is 22.9. The Morgan fingerprint density at radius 3 is 1.23 bits per heavy atom. The van der Waals surface area contributed by atoms with Gasteiger partial charge in [-0.2, -0.15) is 0 Å². The van der Waals surface area contributed by atoms with Gasteiger partial charge in [0.15, 0.2) is 0 Å². The maximum absolute atomic E-state index is 12.6. The maximum atomic E-state index is 12.6. The molecule has 9 aliphatic rings. The van der Waals surface area contributed by atoms with Crippen LogP contribution in [0.4, 0.5) is 0 Å². The van der Waals surface area contributed by atoms with Gasteiger partial charge in [0.1, 0.15) is 41.7 Å². The fourth-order valence-corrected chi connectivity index (χ4v) is 11.5. The first kappa shape index (κ1) is 54.3. The molecule has 0 amide bonds. The number of ether oxygens (including phenoxy) is 7. The summed E-state index contributed by atoms with van der Waals surface area (Å²) in [6.45, 7) is 25.5. The molecule has 6 saturated carbocycles. The Morgan fingerprint density at radius 1 is 0.594 bits per heavy atom. The Balaban J connectivity index is 0.000000178. The topological polar surface area (TPSA) is 296 Å². The predicted molar refractivity (Wildman–Crippen MR) is 234 cm³/mol. The predicted octanol–water partition coefficient (Wildman–Crippen LogP) is 3.52. The van der Waals surface area contributed by atoms with Crippen molar-refractivity contribution in [3.05, 3.63) is 36.5 Å². The molecule has 3 saturated heterocycles. The zero-order valence-electron chi connectivity index (χ0n) is 39.9. The summed E-state index contributed by atoms with van der Waals surface area (Å²) >= 11 is 4.87. The van der Waals surface area contributed by atoms with E-state index in [2.05, 4.69) is 19.7 Å². The number of allylic oxidation sites excluding steroid dienone is 1. The van der Waals surface area contributed by atoms with Crippen LogP contribution in [-0.2, 0) is 81.1 Å². The van der Waals surface area contributed by atoms with Gasteiger partial charge in [-0.25, -0.2) is 9.59 Å². The van der Waals surface area contributed by atoms with Crippen LogP contribution in [0.2, 0.25) is 0 Å². The van der Waals surface area contributed by atoms with Gasteiger partial charge in [-0.1, -0.05) is 19.7 Å². The molecular weight excluding hydrogens is 932 g/mol. The van der Waals surface area contributed by atoms with E-state index in [4.69, 9.17) is 54.7 Å². The number of carbonyl (C=O) groups is 10. The van der Waals surface area contributed by atoms with E-state index in [0.29, 0.717) is 24.8 Å². The molecule has 3 N–H and O–H groups in total. The van der Waals surface area contributed by atoms with Gasteiger partial charge < -0.3 is 48.5 Å². The molecule has 0 aromatic rings. The van der Waals surface area contributed by atoms with Crippen LogP contribution in [0.3, 0.4) is 0 Å². The van der Waals surface area contributed by atoms with Crippen LogP contribution in [-0.4, -0.2) is 123 Å². The van der Waals surface area contributed by atoms with Crippen LogP contribution in [0.25, 0.3) is 0 Å². The minimum Gasteiger partial charge on any atom is -0.483 e. The number of esters is 7. The number of aliphatic hydroxyl groups is 1. The van der Waals surface area contributed by atoms with Crippen LogP contribution in [0.15, 0.2) is 36.5 Å². The number of aliphatic carboxylic acids is 1. The molecule has 380 valence electrons. The van der Waals surface area contributed by atoms with Gasteiger partial charge in [0.25, 0.3) is 6.47 Å². The van der Waals surface area contributed by atoms with Crippen molar-refractivity contribution in [2.75, 3.05) is 0 Å². The van der Waals surface area contributed by atoms with Crippen LogP contribution in [0.5, 0.6) is 0 Å². The number of carbonyl (C=O) groups excluding carboxylic acids is 8. The van der Waals surface area contributed by atoms with Crippen LogP contribution < -0.4 is 0 Å². The third-order valence-electron chi connectivity index (χ3n) is 13.8. The van der Waals surface area contributed by atoms with E-state index in [0.717, 1.165) is 0 Å². The van der Waals surface area contributed by atoms with Crippen LogP contribution in [0.1, 0.15) is 81.6 Å². The number of hydrogen-bond donors (Lipinski definition) is 3.